The first-order valence-electron chi connectivity index (χ1n) is 6.18. The molecule has 1 fully saturated rings. The Labute approximate surface area is 103 Å². The van der Waals surface area contributed by atoms with Crippen molar-refractivity contribution in [2.45, 2.75) is 25.9 Å². The number of likely N-dealkylation sites (N-methyl/N-ethyl adjacent to an activating group) is 1. The molecule has 94 valence electrons. The van der Waals surface area contributed by atoms with Crippen LogP contribution in [0.5, 0.6) is 0 Å². The van der Waals surface area contributed by atoms with E-state index in [4.69, 9.17) is 5.73 Å². The molecule has 4 heteroatoms. The van der Waals surface area contributed by atoms with E-state index in [2.05, 4.69) is 34.9 Å². The van der Waals surface area contributed by atoms with Gasteiger partial charge in [-0.25, -0.2) is 0 Å². The fourth-order valence-electron chi connectivity index (χ4n) is 2.41. The van der Waals surface area contributed by atoms with E-state index in [1.54, 1.807) is 0 Å². The summed E-state index contributed by atoms with van der Waals surface area (Å²) in [4.78, 5) is 9.05. The topological polar surface area (TPSA) is 45.4 Å². The van der Waals surface area contributed by atoms with Crippen LogP contribution in [0.15, 0.2) is 12.3 Å². The van der Waals surface area contributed by atoms with Gasteiger partial charge in [0.2, 0.25) is 0 Å². The highest BCUT2D eigenvalue weighted by atomic mass is 15.2. The number of rotatable bonds is 3. The molecule has 2 rings (SSSR count). The molecule has 2 N–H and O–H groups in total. The third-order valence-electron chi connectivity index (χ3n) is 3.55. The molecule has 17 heavy (non-hydrogen) atoms. The minimum atomic E-state index is 0.561. The number of aromatic nitrogens is 1. The summed E-state index contributed by atoms with van der Waals surface area (Å²) in [7, 11) is 4.30. The predicted molar refractivity (Wildman–Crippen MR) is 71.2 cm³/mol. The Balaban J connectivity index is 2.20. The van der Waals surface area contributed by atoms with Gasteiger partial charge in [-0.1, -0.05) is 0 Å². The zero-order valence-electron chi connectivity index (χ0n) is 11.0. The van der Waals surface area contributed by atoms with E-state index in [1.807, 2.05) is 13.1 Å². The Hall–Kier alpha value is -1.13. The van der Waals surface area contributed by atoms with Crippen molar-refractivity contribution in [3.05, 3.63) is 23.5 Å². The van der Waals surface area contributed by atoms with Gasteiger partial charge in [-0.05, 0) is 33.5 Å². The first-order valence-corrected chi connectivity index (χ1v) is 6.18. The molecule has 1 atom stereocenters. The average Bonchev–Trinajstić information content (AvgIpc) is 2.78. The summed E-state index contributed by atoms with van der Waals surface area (Å²) in [5, 5.41) is 0. The van der Waals surface area contributed by atoms with Crippen molar-refractivity contribution in [3.8, 4) is 0 Å². The van der Waals surface area contributed by atoms with Crippen molar-refractivity contribution < 1.29 is 0 Å². The monoisotopic (exact) mass is 234 g/mol. The number of nitrogens with two attached hydrogens (primary N) is 1. The van der Waals surface area contributed by atoms with E-state index in [0.717, 1.165) is 24.3 Å². The molecule has 0 aliphatic carbocycles. The second-order valence-electron chi connectivity index (χ2n) is 5.01. The normalized spacial score (nSPS) is 20.3. The van der Waals surface area contributed by atoms with Gasteiger partial charge in [0, 0.05) is 48.8 Å². The molecule has 1 unspecified atom stereocenters. The van der Waals surface area contributed by atoms with E-state index in [-0.39, 0.29) is 0 Å². The van der Waals surface area contributed by atoms with Crippen LogP contribution in [0, 0.1) is 6.92 Å². The molecule has 0 saturated carbocycles. The third kappa shape index (κ3) is 2.58. The molecule has 0 spiro atoms. The van der Waals surface area contributed by atoms with Crippen LogP contribution in [0.4, 0.5) is 5.69 Å². The SMILES string of the molecule is Cc1cc(N2CCC(N(C)C)C2)c(CN)cn1. The molecule has 1 aliphatic rings. The molecule has 1 aromatic rings. The number of hydrogen-bond acceptors (Lipinski definition) is 4. The van der Waals surface area contributed by atoms with Crippen LogP contribution in [-0.4, -0.2) is 43.1 Å². The predicted octanol–water partition coefficient (Wildman–Crippen LogP) is 0.989. The first-order chi connectivity index (χ1) is 8.11. The molecule has 0 aromatic carbocycles. The maximum absolute atomic E-state index is 5.79. The van der Waals surface area contributed by atoms with Crippen molar-refractivity contribution >= 4 is 5.69 Å². The first kappa shape index (κ1) is 12.3. The standard InChI is InChI=1S/C13H22N4/c1-10-6-13(11(7-14)8-15-10)17-5-4-12(9-17)16(2)3/h6,8,12H,4-5,7,9,14H2,1-3H3. The molecule has 1 saturated heterocycles. The lowest BCUT2D eigenvalue weighted by atomic mass is 10.2. The Morgan fingerprint density at radius 2 is 2.29 bits per heavy atom. The smallest absolute Gasteiger partial charge is 0.0446 e. The van der Waals surface area contributed by atoms with Crippen molar-refractivity contribution in [2.75, 3.05) is 32.1 Å². The van der Waals surface area contributed by atoms with Crippen molar-refractivity contribution in [1.82, 2.24) is 9.88 Å². The minimum absolute atomic E-state index is 0.561. The number of hydrogen-bond donors (Lipinski definition) is 1. The second kappa shape index (κ2) is 5.02. The molecule has 0 radical (unpaired) electrons. The molecule has 2 heterocycles. The van der Waals surface area contributed by atoms with Gasteiger partial charge in [0.15, 0.2) is 0 Å². The lowest BCUT2D eigenvalue weighted by Gasteiger charge is -2.23. The highest BCUT2D eigenvalue weighted by Gasteiger charge is 2.25. The third-order valence-corrected chi connectivity index (χ3v) is 3.55. The maximum Gasteiger partial charge on any atom is 0.0446 e. The summed E-state index contributed by atoms with van der Waals surface area (Å²) in [6.07, 6.45) is 3.13. The van der Waals surface area contributed by atoms with Gasteiger partial charge in [0.05, 0.1) is 0 Å². The molecule has 1 aliphatic heterocycles. The number of nitrogens with zero attached hydrogens (tertiary/aromatic N) is 3. The summed E-state index contributed by atoms with van der Waals surface area (Å²) in [5.74, 6) is 0. The Morgan fingerprint density at radius 1 is 1.53 bits per heavy atom. The van der Waals surface area contributed by atoms with Gasteiger partial charge < -0.3 is 15.5 Å². The average molecular weight is 234 g/mol. The highest BCUT2D eigenvalue weighted by molar-refractivity contribution is 5.54. The molecular weight excluding hydrogens is 212 g/mol. The van der Waals surface area contributed by atoms with Crippen LogP contribution in [-0.2, 0) is 6.54 Å². The number of anilines is 1. The van der Waals surface area contributed by atoms with Crippen molar-refractivity contribution in [2.24, 2.45) is 5.73 Å². The van der Waals surface area contributed by atoms with Gasteiger partial charge in [-0.3, -0.25) is 4.98 Å². The zero-order valence-corrected chi connectivity index (χ0v) is 11.0. The summed E-state index contributed by atoms with van der Waals surface area (Å²) in [6, 6.07) is 2.80. The molecule has 1 aromatic heterocycles. The van der Waals surface area contributed by atoms with Crippen LogP contribution in [0.3, 0.4) is 0 Å². The Morgan fingerprint density at radius 3 is 2.88 bits per heavy atom. The zero-order chi connectivity index (χ0) is 12.4. The summed E-state index contributed by atoms with van der Waals surface area (Å²) in [5.41, 5.74) is 9.26. The van der Waals surface area contributed by atoms with E-state index in [1.165, 1.54) is 12.1 Å². The lowest BCUT2D eigenvalue weighted by Crippen LogP contribution is -2.31. The molecule has 0 bridgehead atoms. The van der Waals surface area contributed by atoms with Crippen LogP contribution in [0.2, 0.25) is 0 Å². The lowest BCUT2D eigenvalue weighted by molar-refractivity contribution is 0.315. The summed E-state index contributed by atoms with van der Waals surface area (Å²) in [6.45, 7) is 4.79. The van der Waals surface area contributed by atoms with E-state index >= 15 is 0 Å². The van der Waals surface area contributed by atoms with Gasteiger partial charge in [-0.2, -0.15) is 0 Å². The molecule has 4 nitrogen and oxygen atoms in total. The van der Waals surface area contributed by atoms with E-state index in [0.29, 0.717) is 12.6 Å². The van der Waals surface area contributed by atoms with Gasteiger partial charge in [0.1, 0.15) is 0 Å². The fraction of sp³-hybridized carbons (Fsp3) is 0.615. The van der Waals surface area contributed by atoms with Crippen LogP contribution in [0.25, 0.3) is 0 Å². The van der Waals surface area contributed by atoms with E-state index < -0.39 is 0 Å². The summed E-state index contributed by atoms with van der Waals surface area (Å²) < 4.78 is 0. The Kier molecular flexibility index (Phi) is 3.64. The van der Waals surface area contributed by atoms with Gasteiger partial charge >= 0.3 is 0 Å². The number of aryl methyl sites for hydroxylation is 1. The Bertz CT molecular complexity index is 389. The largest absolute Gasteiger partial charge is 0.370 e. The quantitative estimate of drug-likeness (QED) is 0.847. The maximum atomic E-state index is 5.79. The number of pyridine rings is 1. The fourth-order valence-corrected chi connectivity index (χ4v) is 2.41. The van der Waals surface area contributed by atoms with E-state index in [9.17, 15) is 0 Å². The minimum Gasteiger partial charge on any atom is -0.370 e. The highest BCUT2D eigenvalue weighted by Crippen LogP contribution is 2.25. The van der Waals surface area contributed by atoms with Crippen molar-refractivity contribution in [3.63, 3.8) is 0 Å². The molecule has 0 amide bonds. The van der Waals surface area contributed by atoms with Gasteiger partial charge in [-0.15, -0.1) is 0 Å². The van der Waals surface area contributed by atoms with Crippen LogP contribution in [0.1, 0.15) is 17.7 Å². The summed E-state index contributed by atoms with van der Waals surface area (Å²) >= 11 is 0. The van der Waals surface area contributed by atoms with Crippen LogP contribution >= 0.6 is 0 Å². The van der Waals surface area contributed by atoms with Gasteiger partial charge in [0.25, 0.3) is 0 Å². The van der Waals surface area contributed by atoms with Crippen molar-refractivity contribution in [1.29, 1.82) is 0 Å². The molecular formula is C13H22N4. The second-order valence-corrected chi connectivity index (χ2v) is 5.01. The van der Waals surface area contributed by atoms with Crippen LogP contribution < -0.4 is 10.6 Å².